The summed E-state index contributed by atoms with van der Waals surface area (Å²) in [6, 6.07) is 8.42. The van der Waals surface area contributed by atoms with Gasteiger partial charge in [-0.25, -0.2) is 4.99 Å². The van der Waals surface area contributed by atoms with Crippen LogP contribution in [-0.4, -0.2) is 21.6 Å². The van der Waals surface area contributed by atoms with Crippen molar-refractivity contribution in [1.29, 1.82) is 0 Å². The third-order valence-corrected chi connectivity index (χ3v) is 5.61. The zero-order valence-corrected chi connectivity index (χ0v) is 14.4. The molecule has 5 heteroatoms. The van der Waals surface area contributed by atoms with Gasteiger partial charge in [0.1, 0.15) is 4.38 Å². The van der Waals surface area contributed by atoms with E-state index in [0.29, 0.717) is 0 Å². The number of amides is 1. The largest absolute Gasteiger partial charge is 0.353 e. The summed E-state index contributed by atoms with van der Waals surface area (Å²) in [7, 11) is 0. The van der Waals surface area contributed by atoms with Gasteiger partial charge in [0.15, 0.2) is 0 Å². The average molecular weight is 322 g/mol. The van der Waals surface area contributed by atoms with Gasteiger partial charge in [-0.1, -0.05) is 55.1 Å². The Hall–Kier alpha value is -0.940. The van der Waals surface area contributed by atoms with Gasteiger partial charge in [0, 0.05) is 11.8 Å². The fraction of sp³-hybridized carbons (Fsp3) is 0.500. The molecule has 0 aromatic heterocycles. The van der Waals surface area contributed by atoms with Crippen molar-refractivity contribution in [1.82, 2.24) is 5.32 Å². The number of hydrogen-bond acceptors (Lipinski definition) is 4. The number of para-hydroxylation sites is 1. The van der Waals surface area contributed by atoms with Crippen molar-refractivity contribution in [2.75, 3.05) is 0 Å². The summed E-state index contributed by atoms with van der Waals surface area (Å²) in [5.41, 5.74) is 2.30. The Bertz CT molecular complexity index is 531. The van der Waals surface area contributed by atoms with Crippen molar-refractivity contribution in [3.8, 4) is 0 Å². The van der Waals surface area contributed by atoms with E-state index in [-0.39, 0.29) is 17.2 Å². The van der Waals surface area contributed by atoms with Crippen LogP contribution in [0, 0.1) is 0 Å². The number of carbonyl (C=O) groups excluding carboxylic acids is 1. The minimum absolute atomic E-state index is 0.100. The number of nitrogens with zero attached hydrogens (tertiary/aromatic N) is 1. The van der Waals surface area contributed by atoms with E-state index in [0.717, 1.165) is 28.7 Å². The molecular weight excluding hydrogens is 300 g/mol. The number of thioether (sulfide) groups is 2. The molecule has 0 aliphatic carbocycles. The van der Waals surface area contributed by atoms with E-state index in [4.69, 9.17) is 0 Å². The van der Waals surface area contributed by atoms with E-state index < -0.39 is 0 Å². The number of fused-ring (bicyclic) bond motifs is 1. The van der Waals surface area contributed by atoms with Crippen molar-refractivity contribution in [2.45, 2.75) is 50.7 Å². The first-order chi connectivity index (χ1) is 10.1. The summed E-state index contributed by atoms with van der Waals surface area (Å²) in [4.78, 5) is 16.8. The van der Waals surface area contributed by atoms with Crippen LogP contribution in [0.2, 0.25) is 0 Å². The second kappa shape index (κ2) is 7.90. The highest BCUT2D eigenvalue weighted by Gasteiger charge is 2.20. The highest BCUT2D eigenvalue weighted by molar-refractivity contribution is 8.39. The molecule has 3 nitrogen and oxygen atoms in total. The summed E-state index contributed by atoms with van der Waals surface area (Å²) in [6.45, 7) is 6.13. The lowest BCUT2D eigenvalue weighted by Crippen LogP contribution is -2.37. The standard InChI is InChI=1S/C16H22N2OS2/c1-4-7-11(2)17-15(19)12(3)21-16-18-14-9-6-5-8-13(14)10-20-16/h5-6,8-9,11-12H,4,7,10H2,1-3H3,(H,17,19)/t11-,12-/m1/s1. The maximum atomic E-state index is 12.2. The summed E-state index contributed by atoms with van der Waals surface area (Å²) in [5, 5.41) is 2.95. The van der Waals surface area contributed by atoms with Crippen LogP contribution in [0.1, 0.15) is 39.2 Å². The predicted molar refractivity (Wildman–Crippen MR) is 94.4 cm³/mol. The number of carbonyl (C=O) groups is 1. The number of hydrogen-bond donors (Lipinski definition) is 1. The third-order valence-electron chi connectivity index (χ3n) is 3.31. The Kier molecular flexibility index (Phi) is 6.18. The van der Waals surface area contributed by atoms with E-state index >= 15 is 0 Å². The van der Waals surface area contributed by atoms with Crippen LogP contribution in [0.4, 0.5) is 5.69 Å². The molecule has 1 N–H and O–H groups in total. The quantitative estimate of drug-likeness (QED) is 0.876. The lowest BCUT2D eigenvalue weighted by molar-refractivity contribution is -0.120. The van der Waals surface area contributed by atoms with Gasteiger partial charge in [0.2, 0.25) is 5.91 Å². The second-order valence-corrected chi connectivity index (χ2v) is 7.81. The molecule has 1 aliphatic rings. The molecule has 0 fully saturated rings. The molecule has 1 aliphatic heterocycles. The van der Waals surface area contributed by atoms with Crippen molar-refractivity contribution in [3.05, 3.63) is 29.8 Å². The molecule has 0 saturated heterocycles. The molecule has 0 unspecified atom stereocenters. The van der Waals surface area contributed by atoms with Gasteiger partial charge in [0.05, 0.1) is 10.9 Å². The monoisotopic (exact) mass is 322 g/mol. The van der Waals surface area contributed by atoms with Crippen molar-refractivity contribution >= 4 is 39.5 Å². The smallest absolute Gasteiger partial charge is 0.233 e. The van der Waals surface area contributed by atoms with Gasteiger partial charge < -0.3 is 5.32 Å². The van der Waals surface area contributed by atoms with Crippen molar-refractivity contribution < 1.29 is 4.79 Å². The van der Waals surface area contributed by atoms with Gasteiger partial charge in [-0.05, 0) is 31.9 Å². The Labute approximate surface area is 135 Å². The van der Waals surface area contributed by atoms with Crippen molar-refractivity contribution in [3.63, 3.8) is 0 Å². The molecular formula is C16H22N2OS2. The first-order valence-electron chi connectivity index (χ1n) is 7.36. The number of aliphatic imine (C=N–C) groups is 1. The molecule has 0 spiro atoms. The predicted octanol–water partition coefficient (Wildman–Crippen LogP) is 4.35. The normalized spacial score (nSPS) is 16.6. The minimum atomic E-state index is -0.110. The molecule has 1 heterocycles. The summed E-state index contributed by atoms with van der Waals surface area (Å²) in [6.07, 6.45) is 2.11. The number of benzene rings is 1. The Morgan fingerprint density at radius 1 is 1.43 bits per heavy atom. The molecule has 1 aromatic carbocycles. The molecule has 21 heavy (non-hydrogen) atoms. The van der Waals surface area contributed by atoms with Crippen LogP contribution >= 0.6 is 23.5 Å². The van der Waals surface area contributed by atoms with E-state index in [1.807, 2.05) is 25.1 Å². The maximum Gasteiger partial charge on any atom is 0.233 e. The van der Waals surface area contributed by atoms with Gasteiger partial charge in [-0.15, -0.1) is 0 Å². The van der Waals surface area contributed by atoms with E-state index in [2.05, 4.69) is 30.2 Å². The van der Waals surface area contributed by atoms with E-state index in [9.17, 15) is 4.79 Å². The number of rotatable bonds is 5. The molecule has 2 rings (SSSR count). The van der Waals surface area contributed by atoms with Crippen LogP contribution < -0.4 is 5.32 Å². The summed E-state index contributed by atoms with van der Waals surface area (Å²) < 4.78 is 0.986. The molecule has 1 amide bonds. The minimum Gasteiger partial charge on any atom is -0.353 e. The third kappa shape index (κ3) is 4.78. The molecule has 2 atom stereocenters. The molecule has 0 saturated carbocycles. The van der Waals surface area contributed by atoms with Crippen LogP contribution in [-0.2, 0) is 10.5 Å². The van der Waals surface area contributed by atoms with Gasteiger partial charge >= 0.3 is 0 Å². The summed E-state index contributed by atoms with van der Waals surface area (Å²) in [5.74, 6) is 1.03. The zero-order chi connectivity index (χ0) is 15.2. The first kappa shape index (κ1) is 16.4. The topological polar surface area (TPSA) is 41.5 Å². The Balaban J connectivity index is 1.93. The Morgan fingerprint density at radius 3 is 2.95 bits per heavy atom. The van der Waals surface area contributed by atoms with Gasteiger partial charge in [-0.2, -0.15) is 0 Å². The molecule has 1 aromatic rings. The highest BCUT2D eigenvalue weighted by Crippen LogP contribution is 2.35. The van der Waals surface area contributed by atoms with Gasteiger partial charge in [-0.3, -0.25) is 4.79 Å². The van der Waals surface area contributed by atoms with Crippen molar-refractivity contribution in [2.24, 2.45) is 4.99 Å². The van der Waals surface area contributed by atoms with Crippen LogP contribution in [0.15, 0.2) is 29.3 Å². The van der Waals surface area contributed by atoms with E-state index in [1.165, 1.54) is 5.56 Å². The average Bonchev–Trinajstić information content (AvgIpc) is 2.47. The summed E-state index contributed by atoms with van der Waals surface area (Å²) >= 11 is 3.27. The SMILES string of the molecule is CCC[C@@H](C)NC(=O)[C@@H](C)SC1=Nc2ccccc2CS1. The fourth-order valence-corrected chi connectivity index (χ4v) is 4.34. The lowest BCUT2D eigenvalue weighted by Gasteiger charge is -2.19. The second-order valence-electron chi connectivity index (χ2n) is 5.25. The molecule has 0 bridgehead atoms. The maximum absolute atomic E-state index is 12.2. The Morgan fingerprint density at radius 2 is 2.19 bits per heavy atom. The first-order valence-corrected chi connectivity index (χ1v) is 9.23. The zero-order valence-electron chi connectivity index (χ0n) is 12.8. The van der Waals surface area contributed by atoms with E-state index in [1.54, 1.807) is 23.5 Å². The van der Waals surface area contributed by atoms with Crippen LogP contribution in [0.25, 0.3) is 0 Å². The lowest BCUT2D eigenvalue weighted by atomic mass is 10.2. The molecule has 114 valence electrons. The van der Waals surface area contributed by atoms with Gasteiger partial charge in [0.25, 0.3) is 0 Å². The highest BCUT2D eigenvalue weighted by atomic mass is 32.2. The van der Waals surface area contributed by atoms with Crippen LogP contribution in [0.3, 0.4) is 0 Å². The fourth-order valence-electron chi connectivity index (χ4n) is 2.14. The molecule has 0 radical (unpaired) electrons. The van der Waals surface area contributed by atoms with Crippen LogP contribution in [0.5, 0.6) is 0 Å². The number of nitrogens with one attached hydrogen (secondary N) is 1.